The summed E-state index contributed by atoms with van der Waals surface area (Å²) >= 11 is 0. The molecule has 0 saturated carbocycles. The zero-order chi connectivity index (χ0) is 16.7. The summed E-state index contributed by atoms with van der Waals surface area (Å²) in [5.74, 6) is -1.44. The molecule has 3 heterocycles. The van der Waals surface area contributed by atoms with Gasteiger partial charge in [0.15, 0.2) is 0 Å². The lowest BCUT2D eigenvalue weighted by molar-refractivity contribution is -0.125. The van der Waals surface area contributed by atoms with Crippen molar-refractivity contribution >= 4 is 33.6 Å². The largest absolute Gasteiger partial charge is 0.361 e. The predicted octanol–water partition coefficient (Wildman–Crippen LogP) is 3.15. The molecule has 120 valence electrons. The topological polar surface area (TPSA) is 77.8 Å². The van der Waals surface area contributed by atoms with E-state index in [0.29, 0.717) is 0 Å². The predicted molar refractivity (Wildman–Crippen MR) is 94.2 cm³/mol. The fourth-order valence-corrected chi connectivity index (χ4v) is 4.56. The molecule has 25 heavy (non-hydrogen) atoms. The first kappa shape index (κ1) is 13.0. The van der Waals surface area contributed by atoms with Crippen LogP contribution in [0.3, 0.4) is 0 Å². The van der Waals surface area contributed by atoms with Crippen molar-refractivity contribution in [3.05, 3.63) is 59.8 Å². The van der Waals surface area contributed by atoms with Gasteiger partial charge in [-0.1, -0.05) is 30.3 Å². The Kier molecular flexibility index (Phi) is 2.18. The molecule has 5 nitrogen and oxygen atoms in total. The van der Waals surface area contributed by atoms with Gasteiger partial charge >= 0.3 is 0 Å². The van der Waals surface area contributed by atoms with Gasteiger partial charge in [0.1, 0.15) is 0 Å². The standard InChI is InChI=1S/C20H13N3O2/c24-19-16-11-8-21-13-7-3-5-10(14(11)13)18-15(17(16)20(25)23-19)9-4-1-2-6-12(9)22-18/h1-8,16-17,21-22H,(H,23,24,25). The van der Waals surface area contributed by atoms with Crippen LogP contribution in [0.2, 0.25) is 0 Å². The maximum atomic E-state index is 12.7. The molecule has 2 aromatic heterocycles. The van der Waals surface area contributed by atoms with E-state index in [4.69, 9.17) is 0 Å². The van der Waals surface area contributed by atoms with E-state index in [1.54, 1.807) is 0 Å². The van der Waals surface area contributed by atoms with E-state index in [2.05, 4.69) is 21.4 Å². The van der Waals surface area contributed by atoms with Gasteiger partial charge in [-0.25, -0.2) is 0 Å². The molecule has 6 rings (SSSR count). The van der Waals surface area contributed by atoms with Crippen LogP contribution < -0.4 is 5.32 Å². The number of hydrogen-bond donors (Lipinski definition) is 3. The van der Waals surface area contributed by atoms with Crippen LogP contribution in [0.4, 0.5) is 0 Å². The Balaban J connectivity index is 1.86. The molecule has 2 unspecified atom stereocenters. The van der Waals surface area contributed by atoms with Crippen LogP contribution in [-0.4, -0.2) is 21.8 Å². The van der Waals surface area contributed by atoms with Crippen molar-refractivity contribution < 1.29 is 9.59 Å². The van der Waals surface area contributed by atoms with Crippen LogP contribution in [0.1, 0.15) is 23.0 Å². The molecule has 1 aliphatic carbocycles. The van der Waals surface area contributed by atoms with E-state index < -0.39 is 11.8 Å². The third-order valence-corrected chi connectivity index (χ3v) is 5.54. The van der Waals surface area contributed by atoms with Gasteiger partial charge in [0, 0.05) is 33.6 Å². The smallest absolute Gasteiger partial charge is 0.235 e. The Labute approximate surface area is 142 Å². The van der Waals surface area contributed by atoms with E-state index in [9.17, 15) is 9.59 Å². The number of aromatic amines is 2. The number of hydrogen-bond acceptors (Lipinski definition) is 2. The Morgan fingerprint density at radius 2 is 1.64 bits per heavy atom. The molecule has 2 amide bonds. The summed E-state index contributed by atoms with van der Waals surface area (Å²) in [6.07, 6.45) is 1.87. The summed E-state index contributed by atoms with van der Waals surface area (Å²) in [5, 5.41) is 4.56. The SMILES string of the molecule is O=C1NC(=O)C2c3c[nH]c4cccc(c34)-c3[nH]c4ccccc4c3C12. The third kappa shape index (κ3) is 1.44. The molecule has 1 fully saturated rings. The summed E-state index contributed by atoms with van der Waals surface area (Å²) < 4.78 is 0. The van der Waals surface area contributed by atoms with Crippen LogP contribution in [-0.2, 0) is 9.59 Å². The molecule has 2 aliphatic rings. The Bertz CT molecular complexity index is 1230. The van der Waals surface area contributed by atoms with E-state index in [1.807, 2.05) is 42.6 Å². The number of amides is 2. The molecule has 2 atom stereocenters. The van der Waals surface area contributed by atoms with Crippen molar-refractivity contribution in [3.8, 4) is 11.3 Å². The Morgan fingerprint density at radius 3 is 2.56 bits per heavy atom. The molecular formula is C20H13N3O2. The van der Waals surface area contributed by atoms with Gasteiger partial charge in [0.25, 0.3) is 0 Å². The molecule has 0 radical (unpaired) electrons. The molecule has 1 saturated heterocycles. The number of fused-ring (bicyclic) bond motifs is 7. The fraction of sp³-hybridized carbons (Fsp3) is 0.100. The van der Waals surface area contributed by atoms with Gasteiger partial charge in [-0.05, 0) is 23.3 Å². The van der Waals surface area contributed by atoms with Gasteiger partial charge in [-0.15, -0.1) is 0 Å². The highest BCUT2D eigenvalue weighted by Crippen LogP contribution is 2.51. The number of carbonyl (C=O) groups is 2. The van der Waals surface area contributed by atoms with Crippen molar-refractivity contribution in [1.29, 1.82) is 0 Å². The van der Waals surface area contributed by atoms with Gasteiger partial charge in [-0.2, -0.15) is 0 Å². The average molecular weight is 327 g/mol. The minimum absolute atomic E-state index is 0.219. The molecule has 5 heteroatoms. The van der Waals surface area contributed by atoms with Crippen LogP contribution in [0.15, 0.2) is 48.7 Å². The lowest BCUT2D eigenvalue weighted by Gasteiger charge is -2.13. The van der Waals surface area contributed by atoms with E-state index in [0.717, 1.165) is 44.2 Å². The van der Waals surface area contributed by atoms with Crippen LogP contribution in [0, 0.1) is 0 Å². The highest BCUT2D eigenvalue weighted by molar-refractivity contribution is 6.17. The number of imide groups is 1. The second-order valence-electron chi connectivity index (χ2n) is 6.74. The zero-order valence-electron chi connectivity index (χ0n) is 13.1. The maximum absolute atomic E-state index is 12.7. The minimum atomic E-state index is -0.509. The van der Waals surface area contributed by atoms with Crippen LogP contribution in [0.25, 0.3) is 33.1 Å². The highest BCUT2D eigenvalue weighted by atomic mass is 16.2. The summed E-state index contributed by atoms with van der Waals surface area (Å²) in [5.41, 5.74) is 5.75. The maximum Gasteiger partial charge on any atom is 0.235 e. The number of H-pyrrole nitrogens is 2. The number of benzene rings is 2. The van der Waals surface area contributed by atoms with Crippen molar-refractivity contribution in [2.24, 2.45) is 0 Å². The van der Waals surface area contributed by atoms with Gasteiger partial charge in [0.2, 0.25) is 11.8 Å². The summed E-state index contributed by atoms with van der Waals surface area (Å²) in [4.78, 5) is 32.1. The molecule has 4 aromatic rings. The van der Waals surface area contributed by atoms with Gasteiger partial charge in [-0.3, -0.25) is 14.9 Å². The molecular weight excluding hydrogens is 314 g/mol. The van der Waals surface area contributed by atoms with Crippen LogP contribution in [0.5, 0.6) is 0 Å². The normalized spacial score (nSPS) is 21.3. The quantitative estimate of drug-likeness (QED) is 0.434. The molecule has 0 bridgehead atoms. The highest BCUT2D eigenvalue weighted by Gasteiger charge is 2.48. The first-order valence-corrected chi connectivity index (χ1v) is 8.29. The van der Waals surface area contributed by atoms with Crippen molar-refractivity contribution in [2.75, 3.05) is 0 Å². The van der Waals surface area contributed by atoms with Crippen molar-refractivity contribution in [2.45, 2.75) is 11.8 Å². The molecule has 0 spiro atoms. The molecule has 2 aromatic carbocycles. The first-order valence-electron chi connectivity index (χ1n) is 8.29. The molecule has 1 aliphatic heterocycles. The number of rotatable bonds is 0. The van der Waals surface area contributed by atoms with Crippen LogP contribution >= 0.6 is 0 Å². The van der Waals surface area contributed by atoms with Crippen molar-refractivity contribution in [1.82, 2.24) is 15.3 Å². The summed E-state index contributed by atoms with van der Waals surface area (Å²) in [6.45, 7) is 0. The second-order valence-corrected chi connectivity index (χ2v) is 6.74. The first-order chi connectivity index (χ1) is 12.2. The fourth-order valence-electron chi connectivity index (χ4n) is 4.56. The third-order valence-electron chi connectivity index (χ3n) is 5.54. The van der Waals surface area contributed by atoms with Gasteiger partial charge in [0.05, 0.1) is 17.5 Å². The number of para-hydroxylation sites is 1. The Morgan fingerprint density at radius 1 is 0.840 bits per heavy atom. The van der Waals surface area contributed by atoms with E-state index in [1.165, 1.54) is 0 Å². The lowest BCUT2D eigenvalue weighted by atomic mass is 9.84. The second kappa shape index (κ2) is 4.19. The van der Waals surface area contributed by atoms with Crippen molar-refractivity contribution in [3.63, 3.8) is 0 Å². The molecule has 3 N–H and O–H groups in total. The zero-order valence-corrected chi connectivity index (χ0v) is 13.1. The summed E-state index contributed by atoms with van der Waals surface area (Å²) in [7, 11) is 0. The van der Waals surface area contributed by atoms with Gasteiger partial charge < -0.3 is 9.97 Å². The monoisotopic (exact) mass is 327 g/mol. The Hall–Kier alpha value is -3.34. The number of aromatic nitrogens is 2. The summed E-state index contributed by atoms with van der Waals surface area (Å²) in [6, 6.07) is 14.0. The lowest BCUT2D eigenvalue weighted by Crippen LogP contribution is -2.22. The van der Waals surface area contributed by atoms with E-state index >= 15 is 0 Å². The average Bonchev–Trinajstić information content (AvgIpc) is 3.25. The minimum Gasteiger partial charge on any atom is -0.361 e. The number of carbonyl (C=O) groups excluding carboxylic acids is 2. The van der Waals surface area contributed by atoms with E-state index in [-0.39, 0.29) is 11.8 Å². The number of nitrogens with one attached hydrogen (secondary N) is 3.